The van der Waals surface area contributed by atoms with Crippen molar-refractivity contribution < 1.29 is 4.79 Å². The summed E-state index contributed by atoms with van der Waals surface area (Å²) < 4.78 is 0. The molecule has 4 rings (SSSR count). The van der Waals surface area contributed by atoms with E-state index in [1.807, 2.05) is 36.4 Å². The van der Waals surface area contributed by atoms with Crippen LogP contribution in [0.5, 0.6) is 0 Å². The minimum atomic E-state index is -0.245. The van der Waals surface area contributed by atoms with Gasteiger partial charge in [-0.2, -0.15) is 5.26 Å². The van der Waals surface area contributed by atoms with Crippen LogP contribution in [0.1, 0.15) is 30.5 Å². The third-order valence-corrected chi connectivity index (χ3v) is 6.43. The van der Waals surface area contributed by atoms with Gasteiger partial charge in [0.05, 0.1) is 28.8 Å². The highest BCUT2D eigenvalue weighted by Gasteiger charge is 2.24. The molecule has 186 valence electrons. The number of aryl methyl sites for hydroxylation is 1. The second-order valence-corrected chi connectivity index (χ2v) is 9.34. The molecule has 0 bridgehead atoms. The maximum Gasteiger partial charge on any atom is 0.227 e. The quantitative estimate of drug-likeness (QED) is 0.474. The highest BCUT2D eigenvalue weighted by atomic mass is 16.1. The van der Waals surface area contributed by atoms with E-state index in [2.05, 4.69) is 50.2 Å². The lowest BCUT2D eigenvalue weighted by Crippen LogP contribution is -2.38. The fourth-order valence-electron chi connectivity index (χ4n) is 4.40. The Kier molecular flexibility index (Phi) is 8.08. The summed E-state index contributed by atoms with van der Waals surface area (Å²) in [6.45, 7) is 2.43. The zero-order chi connectivity index (χ0) is 25.5. The maximum atomic E-state index is 11.5. The number of rotatable bonds is 9. The number of aromatic nitrogens is 3. The Morgan fingerprint density at radius 1 is 1.19 bits per heavy atom. The van der Waals surface area contributed by atoms with Gasteiger partial charge in [-0.3, -0.25) is 9.78 Å². The van der Waals surface area contributed by atoms with E-state index in [0.29, 0.717) is 37.4 Å². The number of primary amides is 1. The van der Waals surface area contributed by atoms with Crippen LogP contribution in [0.4, 0.5) is 17.3 Å². The molecule has 9 nitrogen and oxygen atoms in total. The minimum absolute atomic E-state index is 0.0903. The van der Waals surface area contributed by atoms with Gasteiger partial charge in [-0.15, -0.1) is 0 Å². The number of benzene rings is 1. The minimum Gasteiger partial charge on any atom is -0.370 e. The monoisotopic (exact) mass is 484 g/mol. The molecule has 3 N–H and O–H groups in total. The first-order chi connectivity index (χ1) is 17.4. The van der Waals surface area contributed by atoms with Crippen LogP contribution < -0.4 is 16.0 Å². The number of nitrogens with zero attached hydrogens (tertiary/aromatic N) is 6. The summed E-state index contributed by atoms with van der Waals surface area (Å²) >= 11 is 0. The molecule has 0 aliphatic carbocycles. The number of hydrogen-bond acceptors (Lipinski definition) is 8. The molecule has 1 aliphatic rings. The molecule has 2 aromatic heterocycles. The molecule has 1 aliphatic heterocycles. The van der Waals surface area contributed by atoms with Crippen LogP contribution in [0.3, 0.4) is 0 Å². The number of pyridine rings is 1. The predicted molar refractivity (Wildman–Crippen MR) is 141 cm³/mol. The number of nitriles is 1. The third-order valence-electron chi connectivity index (χ3n) is 6.43. The molecule has 0 radical (unpaired) electrons. The van der Waals surface area contributed by atoms with E-state index in [-0.39, 0.29) is 11.8 Å². The average Bonchev–Trinajstić information content (AvgIpc) is 2.89. The number of anilines is 3. The molecule has 3 aromatic rings. The molecule has 3 heterocycles. The summed E-state index contributed by atoms with van der Waals surface area (Å²) in [5.74, 6) is 0.128. The van der Waals surface area contributed by atoms with Crippen LogP contribution >= 0.6 is 0 Å². The largest absolute Gasteiger partial charge is 0.370 e. The molecule has 0 unspecified atom stereocenters. The number of carbonyl (C=O) groups is 1. The van der Waals surface area contributed by atoms with Gasteiger partial charge in [0.2, 0.25) is 11.9 Å². The summed E-state index contributed by atoms with van der Waals surface area (Å²) in [6, 6.07) is 13.9. The highest BCUT2D eigenvalue weighted by molar-refractivity contribution is 5.77. The summed E-state index contributed by atoms with van der Waals surface area (Å²) in [7, 11) is 4.14. The molecule has 1 aromatic carbocycles. The van der Waals surface area contributed by atoms with E-state index >= 15 is 0 Å². The van der Waals surface area contributed by atoms with E-state index in [9.17, 15) is 10.1 Å². The number of nitrogens with one attached hydrogen (secondary N) is 1. The maximum absolute atomic E-state index is 11.5. The molecule has 1 fully saturated rings. The lowest BCUT2D eigenvalue weighted by molar-refractivity contribution is -0.122. The zero-order valence-electron chi connectivity index (χ0n) is 20.8. The SMILES string of the molecule is CN(C)CCCc1ccc(Nc2nccc(-c3ccc(N4CCC(C(N)=O)CC4)c(C#N)c3)n2)cn1. The Hall–Kier alpha value is -4.03. The van der Waals surface area contributed by atoms with Crippen molar-refractivity contribution >= 4 is 23.2 Å². The van der Waals surface area contributed by atoms with Crippen molar-refractivity contribution in [3.8, 4) is 17.3 Å². The van der Waals surface area contributed by atoms with Gasteiger partial charge in [0.15, 0.2) is 0 Å². The second kappa shape index (κ2) is 11.6. The van der Waals surface area contributed by atoms with Gasteiger partial charge >= 0.3 is 0 Å². The molecular formula is C27H32N8O. The Morgan fingerprint density at radius 3 is 2.67 bits per heavy atom. The number of amides is 1. The average molecular weight is 485 g/mol. The van der Waals surface area contributed by atoms with Crippen LogP contribution in [0.15, 0.2) is 48.8 Å². The van der Waals surface area contributed by atoms with Crippen molar-refractivity contribution in [3.63, 3.8) is 0 Å². The van der Waals surface area contributed by atoms with E-state index < -0.39 is 0 Å². The van der Waals surface area contributed by atoms with Crippen LogP contribution in [0, 0.1) is 17.2 Å². The van der Waals surface area contributed by atoms with E-state index in [1.54, 1.807) is 12.4 Å². The van der Waals surface area contributed by atoms with Gasteiger partial charge in [-0.1, -0.05) is 6.07 Å². The fourth-order valence-corrected chi connectivity index (χ4v) is 4.40. The zero-order valence-corrected chi connectivity index (χ0v) is 20.8. The Labute approximate surface area is 212 Å². The molecule has 1 amide bonds. The third kappa shape index (κ3) is 6.34. The van der Waals surface area contributed by atoms with Gasteiger partial charge in [0.25, 0.3) is 0 Å². The molecule has 0 atom stereocenters. The molecule has 9 heteroatoms. The van der Waals surface area contributed by atoms with Crippen LogP contribution in [0.25, 0.3) is 11.3 Å². The highest BCUT2D eigenvalue weighted by Crippen LogP contribution is 2.30. The molecular weight excluding hydrogens is 452 g/mol. The fraction of sp³-hybridized carbons (Fsp3) is 0.370. The van der Waals surface area contributed by atoms with Crippen molar-refractivity contribution in [2.24, 2.45) is 11.7 Å². The Bertz CT molecular complexity index is 1230. The van der Waals surface area contributed by atoms with Gasteiger partial charge < -0.3 is 20.9 Å². The lowest BCUT2D eigenvalue weighted by Gasteiger charge is -2.33. The van der Waals surface area contributed by atoms with Crippen molar-refractivity contribution in [1.82, 2.24) is 19.9 Å². The van der Waals surface area contributed by atoms with Crippen LogP contribution in [0.2, 0.25) is 0 Å². The number of carbonyl (C=O) groups excluding carboxylic acids is 1. The molecule has 36 heavy (non-hydrogen) atoms. The van der Waals surface area contributed by atoms with E-state index in [4.69, 9.17) is 5.73 Å². The number of hydrogen-bond donors (Lipinski definition) is 2. The van der Waals surface area contributed by atoms with Crippen molar-refractivity contribution in [3.05, 3.63) is 60.0 Å². The topological polar surface area (TPSA) is 124 Å². The van der Waals surface area contributed by atoms with Gasteiger partial charge in [0, 0.05) is 36.5 Å². The molecule has 1 saturated heterocycles. The van der Waals surface area contributed by atoms with E-state index in [0.717, 1.165) is 47.7 Å². The van der Waals surface area contributed by atoms with Gasteiger partial charge in [-0.25, -0.2) is 9.97 Å². The molecule has 0 spiro atoms. The number of nitrogens with two attached hydrogens (primary N) is 1. The second-order valence-electron chi connectivity index (χ2n) is 9.34. The van der Waals surface area contributed by atoms with Crippen molar-refractivity contribution in [2.75, 3.05) is 43.9 Å². The van der Waals surface area contributed by atoms with Crippen molar-refractivity contribution in [1.29, 1.82) is 5.26 Å². The Morgan fingerprint density at radius 2 is 2.00 bits per heavy atom. The Balaban J connectivity index is 1.44. The summed E-state index contributed by atoms with van der Waals surface area (Å²) in [5.41, 5.74) is 10.3. The van der Waals surface area contributed by atoms with Gasteiger partial charge in [0.1, 0.15) is 6.07 Å². The van der Waals surface area contributed by atoms with E-state index in [1.165, 1.54) is 0 Å². The predicted octanol–water partition coefficient (Wildman–Crippen LogP) is 3.35. The summed E-state index contributed by atoms with van der Waals surface area (Å²) in [6.07, 6.45) is 6.90. The number of piperidine rings is 1. The molecule has 0 saturated carbocycles. The summed E-state index contributed by atoms with van der Waals surface area (Å²) in [5, 5.41) is 13.0. The lowest BCUT2D eigenvalue weighted by atomic mass is 9.95. The van der Waals surface area contributed by atoms with Crippen molar-refractivity contribution in [2.45, 2.75) is 25.7 Å². The first-order valence-electron chi connectivity index (χ1n) is 12.2. The van der Waals surface area contributed by atoms with Crippen LogP contribution in [-0.4, -0.2) is 59.5 Å². The normalized spacial score (nSPS) is 14.0. The summed E-state index contributed by atoms with van der Waals surface area (Å²) in [4.78, 5) is 29.3. The smallest absolute Gasteiger partial charge is 0.227 e. The standard InChI is InChI=1S/C27H32N8O/c1-34(2)13-3-4-22-6-7-23(18-31-22)32-27-30-12-9-24(33-27)20-5-8-25(21(16-20)17-28)35-14-10-19(11-15-35)26(29)36/h5-9,12,16,18-19H,3-4,10-11,13-15H2,1-2H3,(H2,29,36)(H,30,32,33). The van der Waals surface area contributed by atoms with Gasteiger partial charge in [-0.05, 0) is 76.7 Å². The first kappa shape index (κ1) is 25.1. The first-order valence-corrected chi connectivity index (χ1v) is 12.2. The van der Waals surface area contributed by atoms with Crippen LogP contribution in [-0.2, 0) is 11.2 Å².